The van der Waals surface area contributed by atoms with Crippen molar-refractivity contribution in [1.82, 2.24) is 10.6 Å². The first-order valence-electron chi connectivity index (χ1n) is 6.77. The van der Waals surface area contributed by atoms with Gasteiger partial charge in [-0.1, -0.05) is 19.8 Å². The zero-order valence-electron chi connectivity index (χ0n) is 10.9. The van der Waals surface area contributed by atoms with E-state index in [-0.39, 0.29) is 18.4 Å². The molecule has 1 saturated heterocycles. The summed E-state index contributed by atoms with van der Waals surface area (Å²) in [5.41, 5.74) is -0.484. The van der Waals surface area contributed by atoms with E-state index in [2.05, 4.69) is 17.6 Å². The number of aliphatic hydroxyl groups is 1. The summed E-state index contributed by atoms with van der Waals surface area (Å²) in [7, 11) is 0. The predicted octanol–water partition coefficient (Wildman–Crippen LogP) is 0.322. The minimum absolute atomic E-state index is 0.0241. The average molecular weight is 254 g/mol. The Labute approximate surface area is 107 Å². The topological polar surface area (TPSA) is 78.4 Å². The van der Waals surface area contributed by atoms with E-state index in [1.54, 1.807) is 0 Å². The quantitative estimate of drug-likeness (QED) is 0.679. The van der Waals surface area contributed by atoms with Gasteiger partial charge in [-0.2, -0.15) is 0 Å². The van der Waals surface area contributed by atoms with Gasteiger partial charge in [-0.25, -0.2) is 0 Å². The smallest absolute Gasteiger partial charge is 0.243 e. The van der Waals surface area contributed by atoms with E-state index in [1.165, 1.54) is 0 Å². The van der Waals surface area contributed by atoms with Crippen molar-refractivity contribution in [2.45, 2.75) is 57.0 Å². The summed E-state index contributed by atoms with van der Waals surface area (Å²) >= 11 is 0. The van der Waals surface area contributed by atoms with Gasteiger partial charge in [-0.3, -0.25) is 9.59 Å². The predicted molar refractivity (Wildman–Crippen MR) is 66.8 cm³/mol. The van der Waals surface area contributed by atoms with Crippen molar-refractivity contribution in [3.8, 4) is 0 Å². The molecule has 0 aromatic carbocycles. The van der Waals surface area contributed by atoms with Crippen LogP contribution in [0.15, 0.2) is 0 Å². The molecular formula is C13H22N2O3. The zero-order valence-corrected chi connectivity index (χ0v) is 10.9. The molecule has 18 heavy (non-hydrogen) atoms. The van der Waals surface area contributed by atoms with Gasteiger partial charge < -0.3 is 15.7 Å². The third-order valence-electron chi connectivity index (χ3n) is 4.09. The standard InChI is InChI=1S/C13H22N2O3/c1-9-3-2-6-13(7-9,8-16)15-12(18)10-4-5-11(17)14-10/h9-10,16H,2-8H2,1H3,(H,14,17)(H,15,18)/t9?,10-,13?/m1/s1. The van der Waals surface area contributed by atoms with Gasteiger partial charge in [0.1, 0.15) is 6.04 Å². The maximum Gasteiger partial charge on any atom is 0.243 e. The molecule has 1 aliphatic carbocycles. The van der Waals surface area contributed by atoms with Crippen LogP contribution in [0.4, 0.5) is 0 Å². The molecule has 2 rings (SSSR count). The van der Waals surface area contributed by atoms with Crippen LogP contribution in [0.2, 0.25) is 0 Å². The lowest BCUT2D eigenvalue weighted by atomic mass is 9.76. The van der Waals surface area contributed by atoms with Gasteiger partial charge in [-0.05, 0) is 25.2 Å². The van der Waals surface area contributed by atoms with Crippen LogP contribution < -0.4 is 10.6 Å². The van der Waals surface area contributed by atoms with Crippen molar-refractivity contribution in [3.63, 3.8) is 0 Å². The number of hydrogen-bond donors (Lipinski definition) is 3. The van der Waals surface area contributed by atoms with Crippen LogP contribution in [-0.2, 0) is 9.59 Å². The summed E-state index contributed by atoms with van der Waals surface area (Å²) in [5, 5.41) is 15.2. The Balaban J connectivity index is 1.97. The lowest BCUT2D eigenvalue weighted by molar-refractivity contribution is -0.128. The summed E-state index contributed by atoms with van der Waals surface area (Å²) in [5.74, 6) is 0.304. The molecule has 0 bridgehead atoms. The molecule has 3 atom stereocenters. The van der Waals surface area contributed by atoms with Crippen molar-refractivity contribution in [3.05, 3.63) is 0 Å². The van der Waals surface area contributed by atoms with E-state index in [0.717, 1.165) is 25.7 Å². The number of carbonyl (C=O) groups is 2. The molecule has 0 aromatic heterocycles. The van der Waals surface area contributed by atoms with Gasteiger partial charge >= 0.3 is 0 Å². The van der Waals surface area contributed by atoms with Crippen molar-refractivity contribution in [2.75, 3.05) is 6.61 Å². The van der Waals surface area contributed by atoms with Gasteiger partial charge in [0.05, 0.1) is 12.1 Å². The highest BCUT2D eigenvalue weighted by Gasteiger charge is 2.38. The molecule has 0 aromatic rings. The van der Waals surface area contributed by atoms with Crippen molar-refractivity contribution in [2.24, 2.45) is 5.92 Å². The normalized spacial score (nSPS) is 36.2. The molecule has 1 saturated carbocycles. The molecule has 5 nitrogen and oxygen atoms in total. The molecule has 5 heteroatoms. The zero-order chi connectivity index (χ0) is 13.2. The number of amides is 2. The first-order valence-corrected chi connectivity index (χ1v) is 6.77. The number of nitrogens with one attached hydrogen (secondary N) is 2. The second kappa shape index (κ2) is 5.26. The van der Waals surface area contributed by atoms with E-state index in [0.29, 0.717) is 18.8 Å². The van der Waals surface area contributed by atoms with Gasteiger partial charge in [0.2, 0.25) is 11.8 Å². The monoisotopic (exact) mass is 254 g/mol. The SMILES string of the molecule is CC1CCCC(CO)(NC(=O)[C@H]2CCC(=O)N2)C1. The number of aliphatic hydroxyl groups excluding tert-OH is 1. The average Bonchev–Trinajstić information content (AvgIpc) is 2.76. The molecule has 1 aliphatic heterocycles. The fraction of sp³-hybridized carbons (Fsp3) is 0.846. The summed E-state index contributed by atoms with van der Waals surface area (Å²) < 4.78 is 0. The van der Waals surface area contributed by atoms with E-state index >= 15 is 0 Å². The molecule has 1 heterocycles. The Morgan fingerprint density at radius 3 is 2.89 bits per heavy atom. The first kappa shape index (κ1) is 13.3. The van der Waals surface area contributed by atoms with Crippen LogP contribution in [0, 0.1) is 5.92 Å². The van der Waals surface area contributed by atoms with Crippen molar-refractivity contribution in [1.29, 1.82) is 0 Å². The molecule has 2 fully saturated rings. The fourth-order valence-electron chi connectivity index (χ4n) is 3.12. The van der Waals surface area contributed by atoms with Crippen LogP contribution in [-0.4, -0.2) is 35.1 Å². The first-order chi connectivity index (χ1) is 8.54. The molecule has 2 amide bonds. The van der Waals surface area contributed by atoms with Crippen LogP contribution in [0.25, 0.3) is 0 Å². The molecular weight excluding hydrogens is 232 g/mol. The van der Waals surface area contributed by atoms with E-state index in [4.69, 9.17) is 0 Å². The van der Waals surface area contributed by atoms with Gasteiger partial charge in [-0.15, -0.1) is 0 Å². The Bertz CT molecular complexity index is 345. The maximum absolute atomic E-state index is 12.1. The Morgan fingerprint density at radius 2 is 2.33 bits per heavy atom. The highest BCUT2D eigenvalue weighted by atomic mass is 16.3. The highest BCUT2D eigenvalue weighted by Crippen LogP contribution is 2.32. The van der Waals surface area contributed by atoms with Crippen molar-refractivity contribution < 1.29 is 14.7 Å². The molecule has 3 N–H and O–H groups in total. The molecule has 2 aliphatic rings. The van der Waals surface area contributed by atoms with E-state index in [1.807, 2.05) is 0 Å². The third kappa shape index (κ3) is 2.83. The molecule has 102 valence electrons. The Kier molecular flexibility index (Phi) is 3.90. The Morgan fingerprint density at radius 1 is 1.56 bits per heavy atom. The summed E-state index contributed by atoms with van der Waals surface area (Å²) in [4.78, 5) is 23.2. The van der Waals surface area contributed by atoms with E-state index in [9.17, 15) is 14.7 Å². The number of carbonyl (C=O) groups excluding carboxylic acids is 2. The van der Waals surface area contributed by atoms with Gasteiger partial charge in [0.25, 0.3) is 0 Å². The van der Waals surface area contributed by atoms with Crippen LogP contribution >= 0.6 is 0 Å². The van der Waals surface area contributed by atoms with Crippen LogP contribution in [0.5, 0.6) is 0 Å². The molecule has 0 radical (unpaired) electrons. The minimum Gasteiger partial charge on any atom is -0.394 e. The lowest BCUT2D eigenvalue weighted by Crippen LogP contribution is -2.57. The molecule has 0 spiro atoms. The summed E-state index contributed by atoms with van der Waals surface area (Å²) in [6, 6.07) is -0.418. The number of hydrogen-bond acceptors (Lipinski definition) is 3. The second-order valence-corrected chi connectivity index (χ2v) is 5.79. The van der Waals surface area contributed by atoms with Crippen molar-refractivity contribution >= 4 is 11.8 Å². The van der Waals surface area contributed by atoms with Crippen LogP contribution in [0.3, 0.4) is 0 Å². The number of rotatable bonds is 3. The minimum atomic E-state index is -0.484. The fourth-order valence-corrected chi connectivity index (χ4v) is 3.12. The summed E-state index contributed by atoms with van der Waals surface area (Å²) in [6.07, 6.45) is 4.79. The second-order valence-electron chi connectivity index (χ2n) is 5.79. The largest absolute Gasteiger partial charge is 0.394 e. The molecule has 2 unspecified atom stereocenters. The Hall–Kier alpha value is -1.10. The highest BCUT2D eigenvalue weighted by molar-refractivity contribution is 5.91. The van der Waals surface area contributed by atoms with E-state index < -0.39 is 11.6 Å². The summed E-state index contributed by atoms with van der Waals surface area (Å²) in [6.45, 7) is 2.12. The van der Waals surface area contributed by atoms with Gasteiger partial charge in [0.15, 0.2) is 0 Å². The van der Waals surface area contributed by atoms with Gasteiger partial charge in [0, 0.05) is 6.42 Å². The third-order valence-corrected chi connectivity index (χ3v) is 4.09. The lowest BCUT2D eigenvalue weighted by Gasteiger charge is -2.40. The van der Waals surface area contributed by atoms with Crippen LogP contribution in [0.1, 0.15) is 45.4 Å². The maximum atomic E-state index is 12.1.